The van der Waals surface area contributed by atoms with Crippen LogP contribution in [0.1, 0.15) is 25.1 Å². The predicted octanol–water partition coefficient (Wildman–Crippen LogP) is 3.12. The highest BCUT2D eigenvalue weighted by molar-refractivity contribution is 5.89. The van der Waals surface area contributed by atoms with Gasteiger partial charge in [-0.2, -0.15) is 0 Å². The second kappa shape index (κ2) is 10.4. The Kier molecular flexibility index (Phi) is 7.09. The van der Waals surface area contributed by atoms with Gasteiger partial charge in [0.1, 0.15) is 5.82 Å². The summed E-state index contributed by atoms with van der Waals surface area (Å²) in [5.74, 6) is 1.60. The summed E-state index contributed by atoms with van der Waals surface area (Å²) in [5, 5.41) is 6.26. The van der Waals surface area contributed by atoms with Crippen molar-refractivity contribution in [2.75, 3.05) is 32.6 Å². The first-order valence-corrected chi connectivity index (χ1v) is 11.1. The van der Waals surface area contributed by atoms with Crippen molar-refractivity contribution in [1.82, 2.24) is 20.2 Å². The van der Waals surface area contributed by atoms with Crippen molar-refractivity contribution in [2.45, 2.75) is 31.8 Å². The second-order valence-electron chi connectivity index (χ2n) is 8.06. The first-order chi connectivity index (χ1) is 16.1. The van der Waals surface area contributed by atoms with Gasteiger partial charge in [0.15, 0.2) is 11.5 Å². The highest BCUT2D eigenvalue weighted by Gasteiger charge is 2.24. The quantitative estimate of drug-likeness (QED) is 0.509. The average molecular weight is 452 g/mol. The summed E-state index contributed by atoms with van der Waals surface area (Å²) in [7, 11) is 3.08. The number of ether oxygens (including phenoxy) is 2. The molecule has 1 fully saturated rings. The number of H-pyrrole nitrogens is 1. The fourth-order valence-corrected chi connectivity index (χ4v) is 4.19. The smallest absolute Gasteiger partial charge is 0.319 e. The normalized spacial score (nSPS) is 16.4. The van der Waals surface area contributed by atoms with Gasteiger partial charge >= 0.3 is 6.03 Å². The molecule has 9 nitrogen and oxygen atoms in total. The Bertz CT molecular complexity index is 1160. The van der Waals surface area contributed by atoms with Gasteiger partial charge in [0.25, 0.3) is 5.56 Å². The van der Waals surface area contributed by atoms with Gasteiger partial charge in [-0.25, -0.2) is 9.78 Å². The molecule has 33 heavy (non-hydrogen) atoms. The molecule has 0 aliphatic carbocycles. The van der Waals surface area contributed by atoms with Gasteiger partial charge in [-0.15, -0.1) is 0 Å². The highest BCUT2D eigenvalue weighted by Crippen LogP contribution is 2.30. The Labute approximate surface area is 192 Å². The standard InChI is InChI=1S/C24H29N5O4/c1-32-20-12-18-19(13-21(20)33-2)27-22(28-23(18)30)15-29-11-7-6-10-17(29)14-25-24(31)26-16-8-4-3-5-9-16/h3-5,8-9,12-13,17H,6-7,10-11,14-15H2,1-2H3,(H2,25,26,31)(H,27,28,30). The largest absolute Gasteiger partial charge is 0.493 e. The third kappa shape index (κ3) is 5.43. The minimum atomic E-state index is -0.231. The van der Waals surface area contributed by atoms with Gasteiger partial charge in [-0.05, 0) is 37.6 Å². The molecule has 174 valence electrons. The Hall–Kier alpha value is -3.59. The summed E-state index contributed by atoms with van der Waals surface area (Å²) in [6.07, 6.45) is 3.13. The van der Waals surface area contributed by atoms with Crippen LogP contribution in [0.3, 0.4) is 0 Å². The van der Waals surface area contributed by atoms with Gasteiger partial charge < -0.3 is 25.1 Å². The maximum Gasteiger partial charge on any atom is 0.319 e. The highest BCUT2D eigenvalue weighted by atomic mass is 16.5. The monoisotopic (exact) mass is 451 g/mol. The number of nitrogens with one attached hydrogen (secondary N) is 3. The van der Waals surface area contributed by atoms with Crippen molar-refractivity contribution in [2.24, 2.45) is 0 Å². The van der Waals surface area contributed by atoms with E-state index in [1.807, 2.05) is 30.3 Å². The second-order valence-corrected chi connectivity index (χ2v) is 8.06. The third-order valence-corrected chi connectivity index (χ3v) is 5.89. The number of carbonyl (C=O) groups excluding carboxylic acids is 1. The molecule has 1 aliphatic heterocycles. The first kappa shape index (κ1) is 22.6. The van der Waals surface area contributed by atoms with Crippen LogP contribution >= 0.6 is 0 Å². The third-order valence-electron chi connectivity index (χ3n) is 5.89. The summed E-state index contributed by atoms with van der Waals surface area (Å²) < 4.78 is 10.6. The summed E-state index contributed by atoms with van der Waals surface area (Å²) in [5.41, 5.74) is 1.09. The SMILES string of the molecule is COc1cc2nc(CN3CCCCC3CNC(=O)Nc3ccccc3)[nH]c(=O)c2cc1OC. The lowest BCUT2D eigenvalue weighted by molar-refractivity contribution is 0.135. The van der Waals surface area contributed by atoms with Crippen LogP contribution < -0.4 is 25.7 Å². The number of aromatic nitrogens is 2. The van der Waals surface area contributed by atoms with Gasteiger partial charge in [0, 0.05) is 24.3 Å². The molecule has 2 amide bonds. The number of piperidine rings is 1. The molecule has 3 N–H and O–H groups in total. The Morgan fingerprint density at radius 2 is 1.91 bits per heavy atom. The van der Waals surface area contributed by atoms with Crippen LogP contribution in [-0.2, 0) is 6.54 Å². The zero-order valence-corrected chi connectivity index (χ0v) is 18.9. The molecule has 9 heteroatoms. The van der Waals surface area contributed by atoms with Gasteiger partial charge in [-0.1, -0.05) is 24.6 Å². The number of anilines is 1. The van der Waals surface area contributed by atoms with Gasteiger partial charge in [-0.3, -0.25) is 9.69 Å². The topological polar surface area (TPSA) is 109 Å². The molecule has 2 aromatic carbocycles. The summed E-state index contributed by atoms with van der Waals surface area (Å²) in [4.78, 5) is 34.8. The van der Waals surface area contributed by atoms with Crippen molar-refractivity contribution in [3.05, 3.63) is 58.6 Å². The van der Waals surface area contributed by atoms with E-state index in [2.05, 4.69) is 25.5 Å². The number of rotatable bonds is 7. The van der Waals surface area contributed by atoms with E-state index in [0.717, 1.165) is 31.5 Å². The molecule has 4 rings (SSSR count). The van der Waals surface area contributed by atoms with E-state index >= 15 is 0 Å². The fraction of sp³-hybridized carbons (Fsp3) is 0.375. The number of amides is 2. The molecule has 0 saturated carbocycles. The lowest BCUT2D eigenvalue weighted by Crippen LogP contribution is -2.47. The Morgan fingerprint density at radius 1 is 1.15 bits per heavy atom. The van der Waals surface area contributed by atoms with E-state index in [4.69, 9.17) is 9.47 Å². The number of benzene rings is 2. The zero-order valence-electron chi connectivity index (χ0n) is 18.9. The maximum atomic E-state index is 12.7. The number of para-hydroxylation sites is 1. The van der Waals surface area contributed by atoms with Crippen LogP contribution in [0, 0.1) is 0 Å². The molecule has 1 atom stereocenters. The average Bonchev–Trinajstić information content (AvgIpc) is 2.83. The van der Waals surface area contributed by atoms with Crippen molar-refractivity contribution < 1.29 is 14.3 Å². The number of likely N-dealkylation sites (tertiary alicyclic amines) is 1. The van der Waals surface area contributed by atoms with Crippen molar-refractivity contribution in [1.29, 1.82) is 0 Å². The predicted molar refractivity (Wildman–Crippen MR) is 127 cm³/mol. The van der Waals surface area contributed by atoms with Gasteiger partial charge in [0.05, 0.1) is 31.7 Å². The molecule has 0 radical (unpaired) electrons. The number of methoxy groups -OCH3 is 2. The number of carbonyl (C=O) groups is 1. The number of hydrogen-bond acceptors (Lipinski definition) is 6. The van der Waals surface area contributed by atoms with E-state index in [9.17, 15) is 9.59 Å². The number of fused-ring (bicyclic) bond motifs is 1. The fourth-order valence-electron chi connectivity index (χ4n) is 4.19. The molecule has 1 saturated heterocycles. The van der Waals surface area contributed by atoms with E-state index in [1.165, 1.54) is 7.11 Å². The van der Waals surface area contributed by atoms with Crippen LogP contribution in [-0.4, -0.2) is 54.2 Å². The number of hydrogen-bond donors (Lipinski definition) is 3. The van der Waals surface area contributed by atoms with E-state index in [1.54, 1.807) is 19.2 Å². The van der Waals surface area contributed by atoms with Crippen molar-refractivity contribution in [3.63, 3.8) is 0 Å². The molecular formula is C24H29N5O4. The molecule has 3 aromatic rings. The number of aromatic amines is 1. The molecule has 0 bridgehead atoms. The van der Waals surface area contributed by atoms with Crippen LogP contribution in [0.25, 0.3) is 10.9 Å². The van der Waals surface area contributed by atoms with Gasteiger partial charge in [0.2, 0.25) is 0 Å². The molecule has 2 heterocycles. The molecule has 1 aliphatic rings. The van der Waals surface area contributed by atoms with Crippen molar-refractivity contribution in [3.8, 4) is 11.5 Å². The lowest BCUT2D eigenvalue weighted by atomic mass is 10.0. The first-order valence-electron chi connectivity index (χ1n) is 11.1. The van der Waals surface area contributed by atoms with E-state index in [-0.39, 0.29) is 17.6 Å². The number of nitrogens with zero attached hydrogens (tertiary/aromatic N) is 2. The maximum absolute atomic E-state index is 12.7. The minimum Gasteiger partial charge on any atom is -0.493 e. The Balaban J connectivity index is 1.46. The lowest BCUT2D eigenvalue weighted by Gasteiger charge is -2.35. The zero-order chi connectivity index (χ0) is 23.2. The molecule has 1 aromatic heterocycles. The van der Waals surface area contributed by atoms with Crippen molar-refractivity contribution >= 4 is 22.6 Å². The van der Waals surface area contributed by atoms with E-state index < -0.39 is 0 Å². The molecular weight excluding hydrogens is 422 g/mol. The Morgan fingerprint density at radius 3 is 2.67 bits per heavy atom. The summed E-state index contributed by atoms with van der Waals surface area (Å²) in [6, 6.07) is 12.6. The van der Waals surface area contributed by atoms with Crippen LogP contribution in [0.5, 0.6) is 11.5 Å². The minimum absolute atomic E-state index is 0.159. The molecule has 0 spiro atoms. The van der Waals surface area contributed by atoms with Crippen LogP contribution in [0.2, 0.25) is 0 Å². The van der Waals surface area contributed by atoms with E-state index in [0.29, 0.717) is 41.3 Å². The number of urea groups is 1. The molecule has 1 unspecified atom stereocenters. The summed E-state index contributed by atoms with van der Waals surface area (Å²) >= 11 is 0. The van der Waals surface area contributed by atoms with Crippen LogP contribution in [0.4, 0.5) is 10.5 Å². The summed E-state index contributed by atoms with van der Waals surface area (Å²) in [6.45, 7) is 1.88. The van der Waals surface area contributed by atoms with Crippen LogP contribution in [0.15, 0.2) is 47.3 Å².